The molecule has 2 heterocycles. The smallest absolute Gasteiger partial charge is 0.165 e. The molecule has 3 rings (SSSR count). The van der Waals surface area contributed by atoms with Crippen LogP contribution in [0.4, 0.5) is 5.82 Å². The van der Waals surface area contributed by atoms with Gasteiger partial charge in [0.15, 0.2) is 5.82 Å². The predicted molar refractivity (Wildman–Crippen MR) is 59.4 cm³/mol. The molecule has 0 aliphatic carbocycles. The first-order chi connectivity index (χ1) is 7.34. The molecule has 1 aromatic carbocycles. The molecule has 3 aromatic rings. The highest BCUT2D eigenvalue weighted by atomic mass is 32.1. The van der Waals surface area contributed by atoms with E-state index < -0.39 is 0 Å². The Morgan fingerprint density at radius 2 is 2.20 bits per heavy atom. The number of hydrogen-bond donors (Lipinski definition) is 2. The van der Waals surface area contributed by atoms with E-state index in [0.29, 0.717) is 5.82 Å². The van der Waals surface area contributed by atoms with Crippen molar-refractivity contribution in [3.05, 3.63) is 24.5 Å². The number of nitrogen functional groups attached to an aromatic ring is 1. The maximum Gasteiger partial charge on any atom is 0.165 e. The van der Waals surface area contributed by atoms with Crippen LogP contribution >= 0.6 is 11.7 Å². The number of imidazole rings is 1. The zero-order chi connectivity index (χ0) is 10.3. The van der Waals surface area contributed by atoms with E-state index in [9.17, 15) is 0 Å². The highest BCUT2D eigenvalue weighted by Gasteiger charge is 2.08. The summed E-state index contributed by atoms with van der Waals surface area (Å²) in [5.41, 5.74) is 9.30. The van der Waals surface area contributed by atoms with E-state index in [4.69, 9.17) is 5.73 Å². The lowest BCUT2D eigenvalue weighted by molar-refractivity contribution is 1.34. The minimum absolute atomic E-state index is 0.471. The number of benzene rings is 1. The quantitative estimate of drug-likeness (QED) is 0.649. The van der Waals surface area contributed by atoms with Crippen molar-refractivity contribution < 1.29 is 0 Å². The van der Waals surface area contributed by atoms with Gasteiger partial charge in [0, 0.05) is 5.56 Å². The van der Waals surface area contributed by atoms with Crippen LogP contribution in [0.5, 0.6) is 0 Å². The van der Waals surface area contributed by atoms with E-state index in [2.05, 4.69) is 18.7 Å². The van der Waals surface area contributed by atoms with Gasteiger partial charge in [-0.2, -0.15) is 8.75 Å². The topological polar surface area (TPSA) is 80.5 Å². The minimum Gasteiger partial charge on any atom is -0.381 e. The van der Waals surface area contributed by atoms with Crippen LogP contribution in [0.15, 0.2) is 24.5 Å². The molecular weight excluding hydrogens is 210 g/mol. The summed E-state index contributed by atoms with van der Waals surface area (Å²) < 4.78 is 8.09. The molecule has 2 aromatic heterocycles. The summed E-state index contributed by atoms with van der Waals surface area (Å²) in [5, 5.41) is 0. The van der Waals surface area contributed by atoms with E-state index in [1.807, 2.05) is 18.2 Å². The number of hydrogen-bond acceptors (Lipinski definition) is 5. The third-order valence-electron chi connectivity index (χ3n) is 2.21. The van der Waals surface area contributed by atoms with E-state index in [-0.39, 0.29) is 0 Å². The summed E-state index contributed by atoms with van der Waals surface area (Å²) >= 11 is 1.12. The van der Waals surface area contributed by atoms with Gasteiger partial charge in [-0.1, -0.05) is 6.07 Å². The van der Waals surface area contributed by atoms with Gasteiger partial charge < -0.3 is 10.7 Å². The number of anilines is 1. The summed E-state index contributed by atoms with van der Waals surface area (Å²) in [5.74, 6) is 0.471. The lowest BCUT2D eigenvalue weighted by atomic mass is 10.1. The van der Waals surface area contributed by atoms with Gasteiger partial charge in [-0.05, 0) is 12.1 Å². The van der Waals surface area contributed by atoms with Crippen molar-refractivity contribution in [3.8, 4) is 11.3 Å². The Morgan fingerprint density at radius 1 is 1.27 bits per heavy atom. The number of nitrogens with two attached hydrogens (primary N) is 1. The third-order valence-corrected chi connectivity index (χ3v) is 2.75. The SMILES string of the molecule is Nc1nsnc1-c1ccc2nc[nH]c2c1. The number of nitrogens with zero attached hydrogens (tertiary/aromatic N) is 3. The first-order valence-electron chi connectivity index (χ1n) is 4.36. The Morgan fingerprint density at radius 3 is 3.00 bits per heavy atom. The van der Waals surface area contributed by atoms with E-state index in [0.717, 1.165) is 34.0 Å². The first-order valence-corrected chi connectivity index (χ1v) is 5.09. The molecule has 0 saturated heterocycles. The summed E-state index contributed by atoms with van der Waals surface area (Å²) in [6.07, 6.45) is 1.66. The van der Waals surface area contributed by atoms with Crippen LogP contribution in [0.2, 0.25) is 0 Å². The Hall–Kier alpha value is -1.95. The van der Waals surface area contributed by atoms with Crippen LogP contribution in [0.3, 0.4) is 0 Å². The average molecular weight is 217 g/mol. The third kappa shape index (κ3) is 1.26. The molecule has 6 heteroatoms. The maximum absolute atomic E-state index is 5.70. The summed E-state index contributed by atoms with van der Waals surface area (Å²) in [4.78, 5) is 7.19. The second-order valence-corrected chi connectivity index (χ2v) is 3.66. The van der Waals surface area contributed by atoms with Gasteiger partial charge in [0.1, 0.15) is 5.69 Å². The van der Waals surface area contributed by atoms with Gasteiger partial charge in [0.05, 0.1) is 29.1 Å². The second kappa shape index (κ2) is 3.03. The molecule has 0 spiro atoms. The van der Waals surface area contributed by atoms with Crippen LogP contribution in [-0.2, 0) is 0 Å². The van der Waals surface area contributed by atoms with Gasteiger partial charge in [0.25, 0.3) is 0 Å². The van der Waals surface area contributed by atoms with Crippen LogP contribution in [0.25, 0.3) is 22.3 Å². The molecule has 0 bridgehead atoms. The van der Waals surface area contributed by atoms with E-state index in [1.54, 1.807) is 6.33 Å². The summed E-state index contributed by atoms with van der Waals surface area (Å²) in [6.45, 7) is 0. The van der Waals surface area contributed by atoms with Gasteiger partial charge in [-0.3, -0.25) is 0 Å². The molecule has 5 nitrogen and oxygen atoms in total. The molecule has 0 saturated carbocycles. The van der Waals surface area contributed by atoms with Crippen molar-refractivity contribution in [1.82, 2.24) is 18.7 Å². The Bertz CT molecular complexity index is 612. The highest BCUT2D eigenvalue weighted by molar-refractivity contribution is 6.99. The molecule has 3 N–H and O–H groups in total. The average Bonchev–Trinajstić information content (AvgIpc) is 2.84. The largest absolute Gasteiger partial charge is 0.381 e. The number of H-pyrrole nitrogens is 1. The molecule has 74 valence electrons. The van der Waals surface area contributed by atoms with Gasteiger partial charge in [-0.25, -0.2) is 4.98 Å². The summed E-state index contributed by atoms with van der Waals surface area (Å²) in [6, 6.07) is 5.84. The highest BCUT2D eigenvalue weighted by Crippen LogP contribution is 2.25. The van der Waals surface area contributed by atoms with Gasteiger partial charge >= 0.3 is 0 Å². The molecule has 0 atom stereocenters. The van der Waals surface area contributed by atoms with Crippen molar-refractivity contribution in [1.29, 1.82) is 0 Å². The molecule has 0 aliphatic heterocycles. The van der Waals surface area contributed by atoms with Crippen molar-refractivity contribution >= 4 is 28.6 Å². The number of rotatable bonds is 1. The standard InChI is InChI=1S/C9H7N5S/c10-9-8(13-15-14-9)5-1-2-6-7(3-5)12-4-11-6/h1-4H,(H2,10,14)(H,11,12). The molecule has 0 radical (unpaired) electrons. The minimum atomic E-state index is 0.471. The van der Waals surface area contributed by atoms with Crippen LogP contribution < -0.4 is 5.73 Å². The van der Waals surface area contributed by atoms with Crippen molar-refractivity contribution in [2.45, 2.75) is 0 Å². The fourth-order valence-electron chi connectivity index (χ4n) is 1.48. The maximum atomic E-state index is 5.70. The molecule has 0 aliphatic rings. The van der Waals surface area contributed by atoms with Crippen molar-refractivity contribution in [2.75, 3.05) is 5.73 Å². The van der Waals surface area contributed by atoms with Crippen molar-refractivity contribution in [3.63, 3.8) is 0 Å². The van der Waals surface area contributed by atoms with Crippen LogP contribution in [0.1, 0.15) is 0 Å². The number of aromatic amines is 1. The summed E-state index contributed by atoms with van der Waals surface area (Å²) in [7, 11) is 0. The lowest BCUT2D eigenvalue weighted by Crippen LogP contribution is -1.88. The first kappa shape index (κ1) is 8.37. The fraction of sp³-hybridized carbons (Fsp3) is 0. The number of nitrogens with one attached hydrogen (secondary N) is 1. The Balaban J connectivity index is 2.23. The normalized spacial score (nSPS) is 10.9. The molecular formula is C9H7N5S. The molecule has 0 amide bonds. The van der Waals surface area contributed by atoms with Crippen molar-refractivity contribution in [2.24, 2.45) is 0 Å². The Kier molecular flexibility index (Phi) is 1.69. The van der Waals surface area contributed by atoms with E-state index in [1.165, 1.54) is 0 Å². The van der Waals surface area contributed by atoms with Gasteiger partial charge in [-0.15, -0.1) is 0 Å². The zero-order valence-electron chi connectivity index (χ0n) is 7.64. The fourth-order valence-corrected chi connectivity index (χ4v) is 1.97. The zero-order valence-corrected chi connectivity index (χ0v) is 8.45. The second-order valence-electron chi connectivity index (χ2n) is 3.13. The monoisotopic (exact) mass is 217 g/mol. The van der Waals surface area contributed by atoms with Crippen LogP contribution in [0, 0.1) is 0 Å². The molecule has 15 heavy (non-hydrogen) atoms. The van der Waals surface area contributed by atoms with E-state index >= 15 is 0 Å². The van der Waals surface area contributed by atoms with Gasteiger partial charge in [0.2, 0.25) is 0 Å². The number of aromatic nitrogens is 4. The molecule has 0 unspecified atom stereocenters. The van der Waals surface area contributed by atoms with Crippen LogP contribution in [-0.4, -0.2) is 18.7 Å². The Labute approximate surface area is 89.3 Å². The predicted octanol–water partition coefficient (Wildman–Crippen LogP) is 1.66. The molecule has 0 fully saturated rings. The lowest BCUT2D eigenvalue weighted by Gasteiger charge is -1.96. The number of fused-ring (bicyclic) bond motifs is 1.